The van der Waals surface area contributed by atoms with Gasteiger partial charge in [0.25, 0.3) is 5.91 Å². The zero-order valence-electron chi connectivity index (χ0n) is 22.3. The van der Waals surface area contributed by atoms with Gasteiger partial charge in [0.05, 0.1) is 25.1 Å². The number of rotatable bonds is 5. The minimum absolute atomic E-state index is 0.0271. The lowest BCUT2D eigenvalue weighted by molar-refractivity contribution is 0.0303. The van der Waals surface area contributed by atoms with Crippen LogP contribution in [0.5, 0.6) is 0 Å². The average Bonchev–Trinajstić information content (AvgIpc) is 3.43. The molecule has 1 unspecified atom stereocenters. The van der Waals surface area contributed by atoms with Gasteiger partial charge in [0.1, 0.15) is 5.69 Å². The van der Waals surface area contributed by atoms with Crippen LogP contribution < -0.4 is 0 Å². The van der Waals surface area contributed by atoms with E-state index in [0.29, 0.717) is 43.5 Å². The maximum Gasteiger partial charge on any atom is 0.254 e. The zero-order valence-corrected chi connectivity index (χ0v) is 22.3. The number of benzene rings is 2. The highest BCUT2D eigenvalue weighted by molar-refractivity contribution is 5.94. The van der Waals surface area contributed by atoms with Crippen LogP contribution in [0.2, 0.25) is 0 Å². The number of hydrogen-bond donors (Lipinski definition) is 0. The molecule has 3 aromatic heterocycles. The highest BCUT2D eigenvalue weighted by atomic mass is 16.5. The summed E-state index contributed by atoms with van der Waals surface area (Å²) in [5.41, 5.74) is 6.99. The molecule has 1 aliphatic heterocycles. The molecule has 0 bridgehead atoms. The zero-order chi connectivity index (χ0) is 27.3. The number of morpholine rings is 1. The number of aromatic nitrogens is 4. The molecule has 1 saturated heterocycles. The first-order valence-corrected chi connectivity index (χ1v) is 13.5. The van der Waals surface area contributed by atoms with Crippen LogP contribution in [0.4, 0.5) is 0 Å². The van der Waals surface area contributed by atoms with E-state index in [2.05, 4.69) is 53.0 Å². The number of pyridine rings is 1. The van der Waals surface area contributed by atoms with Gasteiger partial charge in [-0.05, 0) is 60.2 Å². The fraction of sp³-hybridized carbons (Fsp3) is 0.212. The van der Waals surface area contributed by atoms with Crippen LogP contribution >= 0.6 is 0 Å². The minimum atomic E-state index is 0.0271. The van der Waals surface area contributed by atoms with Gasteiger partial charge in [0.2, 0.25) is 0 Å². The topological polar surface area (TPSA) is 72.6 Å². The van der Waals surface area contributed by atoms with E-state index in [9.17, 15) is 4.79 Å². The number of imidazole rings is 1. The van der Waals surface area contributed by atoms with E-state index >= 15 is 0 Å². The maximum absolute atomic E-state index is 12.8. The molecule has 2 aromatic carbocycles. The molecule has 40 heavy (non-hydrogen) atoms. The van der Waals surface area contributed by atoms with E-state index < -0.39 is 0 Å². The van der Waals surface area contributed by atoms with Crippen LogP contribution in [0.3, 0.4) is 0 Å². The molecule has 0 N–H and O–H groups in total. The monoisotopic (exact) mass is 527 g/mol. The van der Waals surface area contributed by atoms with Gasteiger partial charge in [-0.1, -0.05) is 55.3 Å². The van der Waals surface area contributed by atoms with Crippen LogP contribution in [0, 0.1) is 11.8 Å². The van der Waals surface area contributed by atoms with Crippen LogP contribution in [-0.2, 0) is 11.2 Å². The van der Waals surface area contributed by atoms with Crippen molar-refractivity contribution >= 4 is 11.6 Å². The van der Waals surface area contributed by atoms with Crippen molar-refractivity contribution in [1.29, 1.82) is 0 Å². The third-order valence-corrected chi connectivity index (χ3v) is 7.12. The second-order valence-corrected chi connectivity index (χ2v) is 9.92. The molecule has 0 spiro atoms. The highest BCUT2D eigenvalue weighted by Gasteiger charge is 2.18. The van der Waals surface area contributed by atoms with Crippen molar-refractivity contribution in [3.8, 4) is 23.1 Å². The van der Waals surface area contributed by atoms with Gasteiger partial charge in [-0.15, -0.1) is 0 Å². The Balaban J connectivity index is 1.20. The number of ether oxygens (including phenoxy) is 1. The lowest BCUT2D eigenvalue weighted by atomic mass is 9.96. The molecule has 1 aliphatic rings. The third-order valence-electron chi connectivity index (χ3n) is 7.12. The normalized spacial score (nSPS) is 14.0. The van der Waals surface area contributed by atoms with Crippen molar-refractivity contribution in [3.05, 3.63) is 119 Å². The number of amides is 1. The molecular formula is C33H29N5O2. The highest BCUT2D eigenvalue weighted by Crippen LogP contribution is 2.21. The molecule has 0 radical (unpaired) electrons. The molecule has 6 rings (SSSR count). The molecule has 7 heteroatoms. The molecular weight excluding hydrogens is 498 g/mol. The Labute approximate surface area is 233 Å². The first kappa shape index (κ1) is 25.5. The smallest absolute Gasteiger partial charge is 0.254 e. The number of carbonyl (C=O) groups excluding carboxylic acids is 1. The van der Waals surface area contributed by atoms with E-state index in [4.69, 9.17) is 9.84 Å². The molecule has 0 aliphatic carbocycles. The lowest BCUT2D eigenvalue weighted by Crippen LogP contribution is -2.40. The third kappa shape index (κ3) is 5.63. The molecule has 198 valence electrons. The molecule has 5 aromatic rings. The number of nitrogens with zero attached hydrogens (tertiary/aromatic N) is 5. The fourth-order valence-corrected chi connectivity index (χ4v) is 4.86. The Bertz CT molecular complexity index is 1690. The van der Waals surface area contributed by atoms with Gasteiger partial charge < -0.3 is 9.64 Å². The quantitative estimate of drug-likeness (QED) is 0.301. The van der Waals surface area contributed by atoms with Gasteiger partial charge in [0, 0.05) is 41.7 Å². The molecule has 4 heterocycles. The molecule has 7 nitrogen and oxygen atoms in total. The van der Waals surface area contributed by atoms with Gasteiger partial charge in [0.15, 0.2) is 5.65 Å². The summed E-state index contributed by atoms with van der Waals surface area (Å²) >= 11 is 0. The largest absolute Gasteiger partial charge is 0.378 e. The molecule has 1 atom stereocenters. The van der Waals surface area contributed by atoms with Gasteiger partial charge >= 0.3 is 0 Å². The number of hydrogen-bond acceptors (Lipinski definition) is 5. The van der Waals surface area contributed by atoms with Gasteiger partial charge in [-0.25, -0.2) is 9.50 Å². The summed E-state index contributed by atoms with van der Waals surface area (Å²) in [5, 5.41) is 4.80. The van der Waals surface area contributed by atoms with Crippen molar-refractivity contribution in [1.82, 2.24) is 24.5 Å². The minimum Gasteiger partial charge on any atom is -0.378 e. The Kier molecular flexibility index (Phi) is 7.34. The van der Waals surface area contributed by atoms with Crippen LogP contribution in [0.15, 0.2) is 91.3 Å². The van der Waals surface area contributed by atoms with Crippen LogP contribution in [-0.4, -0.2) is 56.7 Å². The van der Waals surface area contributed by atoms with Crippen LogP contribution in [0.1, 0.15) is 45.7 Å². The van der Waals surface area contributed by atoms with E-state index in [1.54, 1.807) is 10.7 Å². The SMILES string of the molecule is CC(Cc1cc(C#Cc2cnc3ccc(-c4ccc(C(=O)N5CCOCC5)cc4)nn23)ccn1)c1ccccc1. The number of fused-ring (bicyclic) bond motifs is 1. The average molecular weight is 528 g/mol. The summed E-state index contributed by atoms with van der Waals surface area (Å²) in [6, 6.07) is 25.9. The van der Waals surface area contributed by atoms with E-state index in [0.717, 1.165) is 34.6 Å². The Morgan fingerprint density at radius 3 is 2.55 bits per heavy atom. The summed E-state index contributed by atoms with van der Waals surface area (Å²) in [7, 11) is 0. The summed E-state index contributed by atoms with van der Waals surface area (Å²) in [6.45, 7) is 4.62. The second kappa shape index (κ2) is 11.5. The van der Waals surface area contributed by atoms with Crippen molar-refractivity contribution in [3.63, 3.8) is 0 Å². The first-order valence-electron chi connectivity index (χ1n) is 13.5. The fourth-order valence-electron chi connectivity index (χ4n) is 4.86. The van der Waals surface area contributed by atoms with E-state index in [1.165, 1.54) is 5.56 Å². The summed E-state index contributed by atoms with van der Waals surface area (Å²) in [4.78, 5) is 23.6. The Hall–Kier alpha value is -4.80. The van der Waals surface area contributed by atoms with E-state index in [-0.39, 0.29) is 5.91 Å². The summed E-state index contributed by atoms with van der Waals surface area (Å²) in [6.07, 6.45) is 4.40. The predicted octanol–water partition coefficient (Wildman–Crippen LogP) is 5.01. The summed E-state index contributed by atoms with van der Waals surface area (Å²) < 4.78 is 7.11. The van der Waals surface area contributed by atoms with E-state index in [1.807, 2.05) is 65.7 Å². The summed E-state index contributed by atoms with van der Waals surface area (Å²) in [5.74, 6) is 6.89. The van der Waals surface area contributed by atoms with Gasteiger partial charge in [-0.2, -0.15) is 5.10 Å². The molecule has 0 saturated carbocycles. The lowest BCUT2D eigenvalue weighted by Gasteiger charge is -2.26. The van der Waals surface area contributed by atoms with Crippen molar-refractivity contribution in [2.45, 2.75) is 19.3 Å². The second-order valence-electron chi connectivity index (χ2n) is 9.92. The first-order chi connectivity index (χ1) is 19.6. The Morgan fingerprint density at radius 2 is 1.75 bits per heavy atom. The number of carbonyl (C=O) groups is 1. The van der Waals surface area contributed by atoms with Crippen molar-refractivity contribution in [2.24, 2.45) is 0 Å². The van der Waals surface area contributed by atoms with Crippen LogP contribution in [0.25, 0.3) is 16.9 Å². The molecule has 1 fully saturated rings. The standard InChI is InChI=1S/C33H29N5O2/c1-24(26-5-3-2-4-6-26)21-29-22-25(15-16-34-29)7-12-30-23-35-32-14-13-31(36-38(30)32)27-8-10-28(11-9-27)33(39)37-17-19-40-20-18-37/h2-6,8-11,13-16,22-24H,17-21H2,1H3. The Morgan fingerprint density at radius 1 is 0.950 bits per heavy atom. The molecule has 1 amide bonds. The van der Waals surface area contributed by atoms with Crippen molar-refractivity contribution in [2.75, 3.05) is 26.3 Å². The maximum atomic E-state index is 12.8. The van der Waals surface area contributed by atoms with Gasteiger partial charge in [-0.3, -0.25) is 9.78 Å². The van der Waals surface area contributed by atoms with Crippen molar-refractivity contribution < 1.29 is 9.53 Å². The predicted molar refractivity (Wildman–Crippen MR) is 154 cm³/mol.